The fourth-order valence-corrected chi connectivity index (χ4v) is 2.03. The molecule has 5 heteroatoms. The van der Waals surface area contributed by atoms with E-state index in [9.17, 15) is 4.39 Å². The highest BCUT2D eigenvalue weighted by molar-refractivity contribution is 5.17. The first-order valence-electron chi connectivity index (χ1n) is 6.12. The van der Waals surface area contributed by atoms with Crippen molar-refractivity contribution in [2.75, 3.05) is 13.6 Å². The van der Waals surface area contributed by atoms with Crippen LogP contribution in [0.5, 0.6) is 0 Å². The summed E-state index contributed by atoms with van der Waals surface area (Å²) in [6, 6.07) is 8.53. The maximum atomic E-state index is 13.6. The Morgan fingerprint density at radius 2 is 2.11 bits per heavy atom. The number of halogens is 1. The number of aromatic nitrogens is 2. The number of hydrogen-bond acceptors (Lipinski definition) is 4. The van der Waals surface area contributed by atoms with Gasteiger partial charge in [-0.25, -0.2) is 14.4 Å². The molecular formula is C14H17FN4. The fraction of sp³-hybridized carbons (Fsp3) is 0.286. The predicted octanol–water partition coefficient (Wildman–Crippen LogP) is 1.75. The molecule has 0 aliphatic carbocycles. The zero-order valence-corrected chi connectivity index (χ0v) is 10.8. The first-order chi connectivity index (χ1) is 9.22. The van der Waals surface area contributed by atoms with Crippen LogP contribution in [0.25, 0.3) is 0 Å². The van der Waals surface area contributed by atoms with Crippen molar-refractivity contribution in [1.29, 1.82) is 0 Å². The van der Waals surface area contributed by atoms with Crippen LogP contribution < -0.4 is 5.73 Å². The monoisotopic (exact) mass is 260 g/mol. The quantitative estimate of drug-likeness (QED) is 0.889. The second-order valence-corrected chi connectivity index (χ2v) is 4.39. The zero-order chi connectivity index (χ0) is 13.7. The lowest BCUT2D eigenvalue weighted by Crippen LogP contribution is -2.31. The molecule has 19 heavy (non-hydrogen) atoms. The molecule has 100 valence electrons. The molecule has 0 saturated heterocycles. The molecular weight excluding hydrogens is 243 g/mol. The molecule has 4 nitrogen and oxygen atoms in total. The molecule has 1 aromatic carbocycles. The van der Waals surface area contributed by atoms with Crippen LogP contribution >= 0.6 is 0 Å². The van der Waals surface area contributed by atoms with Crippen molar-refractivity contribution in [1.82, 2.24) is 14.9 Å². The fourth-order valence-electron chi connectivity index (χ4n) is 2.03. The van der Waals surface area contributed by atoms with E-state index in [-0.39, 0.29) is 11.9 Å². The van der Waals surface area contributed by atoms with Crippen LogP contribution in [0, 0.1) is 5.82 Å². The zero-order valence-electron chi connectivity index (χ0n) is 10.8. The Hall–Kier alpha value is -1.85. The molecule has 0 saturated carbocycles. The van der Waals surface area contributed by atoms with Crippen LogP contribution in [0.3, 0.4) is 0 Å². The lowest BCUT2D eigenvalue weighted by molar-refractivity contribution is 0.234. The van der Waals surface area contributed by atoms with Crippen LogP contribution in [0.1, 0.15) is 17.3 Å². The predicted molar refractivity (Wildman–Crippen MR) is 71.7 cm³/mol. The van der Waals surface area contributed by atoms with Gasteiger partial charge in [0, 0.05) is 24.8 Å². The van der Waals surface area contributed by atoms with Crippen LogP contribution in [0.2, 0.25) is 0 Å². The Bertz CT molecular complexity index is 518. The number of rotatable bonds is 5. The minimum Gasteiger partial charge on any atom is -0.329 e. The summed E-state index contributed by atoms with van der Waals surface area (Å²) in [5, 5.41) is 0. The molecule has 0 aliphatic heterocycles. The molecule has 2 aromatic rings. The van der Waals surface area contributed by atoms with Crippen molar-refractivity contribution in [3.8, 4) is 0 Å². The average molecular weight is 260 g/mol. The van der Waals surface area contributed by atoms with Gasteiger partial charge in [-0.3, -0.25) is 4.90 Å². The van der Waals surface area contributed by atoms with E-state index in [4.69, 9.17) is 5.73 Å². The summed E-state index contributed by atoms with van der Waals surface area (Å²) < 4.78 is 13.6. The highest BCUT2D eigenvalue weighted by Gasteiger charge is 2.17. The van der Waals surface area contributed by atoms with E-state index in [2.05, 4.69) is 9.97 Å². The second-order valence-electron chi connectivity index (χ2n) is 4.39. The van der Waals surface area contributed by atoms with Crippen LogP contribution in [-0.2, 0) is 6.54 Å². The molecule has 0 aliphatic rings. The molecule has 2 rings (SSSR count). The third-order valence-electron chi connectivity index (χ3n) is 3.08. The van der Waals surface area contributed by atoms with Crippen LogP contribution in [0.4, 0.5) is 4.39 Å². The van der Waals surface area contributed by atoms with Crippen molar-refractivity contribution in [2.24, 2.45) is 5.73 Å². The van der Waals surface area contributed by atoms with Crippen LogP contribution in [-0.4, -0.2) is 28.5 Å². The van der Waals surface area contributed by atoms with Crippen molar-refractivity contribution in [3.05, 3.63) is 59.9 Å². The van der Waals surface area contributed by atoms with Crippen molar-refractivity contribution in [3.63, 3.8) is 0 Å². The molecule has 1 unspecified atom stereocenters. The van der Waals surface area contributed by atoms with E-state index in [1.807, 2.05) is 24.1 Å². The maximum Gasteiger partial charge on any atom is 0.127 e. The van der Waals surface area contributed by atoms with E-state index in [0.29, 0.717) is 18.7 Å². The Labute approximate surface area is 112 Å². The molecule has 0 bridgehead atoms. The van der Waals surface area contributed by atoms with Gasteiger partial charge in [0.2, 0.25) is 0 Å². The highest BCUT2D eigenvalue weighted by Crippen LogP contribution is 2.19. The molecule has 0 spiro atoms. The van der Waals surface area contributed by atoms with E-state index in [0.717, 1.165) is 5.69 Å². The molecule has 0 amide bonds. The molecule has 2 N–H and O–H groups in total. The van der Waals surface area contributed by atoms with Gasteiger partial charge in [-0.2, -0.15) is 0 Å². The first-order valence-corrected chi connectivity index (χ1v) is 6.12. The number of hydrogen-bond donors (Lipinski definition) is 1. The molecule has 1 heterocycles. The standard InChI is InChI=1S/C14H17FN4/c1-19(9-11-4-2-3-5-12(11)15)14(8-16)13-6-7-17-10-18-13/h2-7,10,14H,8-9,16H2,1H3. The number of likely N-dealkylation sites (N-methyl/N-ethyl adjacent to an activating group) is 1. The number of nitrogens with zero attached hydrogens (tertiary/aromatic N) is 3. The summed E-state index contributed by atoms with van der Waals surface area (Å²) in [4.78, 5) is 10.1. The van der Waals surface area contributed by atoms with Crippen LogP contribution in [0.15, 0.2) is 42.9 Å². The summed E-state index contributed by atoms with van der Waals surface area (Å²) in [6.07, 6.45) is 3.18. The van der Waals surface area contributed by atoms with Crippen molar-refractivity contribution < 1.29 is 4.39 Å². The van der Waals surface area contributed by atoms with E-state index in [1.54, 1.807) is 18.3 Å². The largest absolute Gasteiger partial charge is 0.329 e. The third-order valence-corrected chi connectivity index (χ3v) is 3.08. The summed E-state index contributed by atoms with van der Waals surface area (Å²) in [6.45, 7) is 0.903. The minimum absolute atomic E-state index is 0.0531. The summed E-state index contributed by atoms with van der Waals surface area (Å²) >= 11 is 0. The normalized spacial score (nSPS) is 12.6. The smallest absolute Gasteiger partial charge is 0.127 e. The van der Waals surface area contributed by atoms with E-state index in [1.165, 1.54) is 12.4 Å². The van der Waals surface area contributed by atoms with Crippen molar-refractivity contribution >= 4 is 0 Å². The van der Waals surface area contributed by atoms with Gasteiger partial charge in [-0.05, 0) is 19.2 Å². The van der Waals surface area contributed by atoms with E-state index < -0.39 is 0 Å². The van der Waals surface area contributed by atoms with Crippen molar-refractivity contribution in [2.45, 2.75) is 12.6 Å². The Kier molecular flexibility index (Phi) is 4.54. The lowest BCUT2D eigenvalue weighted by Gasteiger charge is -2.26. The minimum atomic E-state index is -0.201. The van der Waals surface area contributed by atoms with Gasteiger partial charge in [-0.1, -0.05) is 18.2 Å². The lowest BCUT2D eigenvalue weighted by atomic mass is 10.1. The van der Waals surface area contributed by atoms with Gasteiger partial charge in [0.25, 0.3) is 0 Å². The third kappa shape index (κ3) is 3.33. The Morgan fingerprint density at radius 1 is 1.32 bits per heavy atom. The first kappa shape index (κ1) is 13.6. The van der Waals surface area contributed by atoms with Gasteiger partial charge in [-0.15, -0.1) is 0 Å². The van der Waals surface area contributed by atoms with Gasteiger partial charge < -0.3 is 5.73 Å². The number of nitrogens with two attached hydrogens (primary N) is 1. The Morgan fingerprint density at radius 3 is 2.74 bits per heavy atom. The highest BCUT2D eigenvalue weighted by atomic mass is 19.1. The second kappa shape index (κ2) is 6.36. The van der Waals surface area contributed by atoms with Gasteiger partial charge >= 0.3 is 0 Å². The molecule has 0 fully saturated rings. The summed E-state index contributed by atoms with van der Waals surface area (Å²) in [5.74, 6) is -0.201. The van der Waals surface area contributed by atoms with E-state index >= 15 is 0 Å². The molecule has 1 atom stereocenters. The molecule has 0 radical (unpaired) electrons. The average Bonchev–Trinajstić information content (AvgIpc) is 2.43. The summed E-state index contributed by atoms with van der Waals surface area (Å²) in [5.41, 5.74) is 7.30. The van der Waals surface area contributed by atoms with Gasteiger partial charge in [0.15, 0.2) is 0 Å². The van der Waals surface area contributed by atoms with Gasteiger partial charge in [0.05, 0.1) is 11.7 Å². The molecule has 1 aromatic heterocycles. The Balaban J connectivity index is 2.14. The maximum absolute atomic E-state index is 13.6. The summed E-state index contributed by atoms with van der Waals surface area (Å²) in [7, 11) is 1.91. The SMILES string of the molecule is CN(Cc1ccccc1F)C(CN)c1ccncn1. The number of benzene rings is 1. The topological polar surface area (TPSA) is 55.0 Å². The van der Waals surface area contributed by atoms with Gasteiger partial charge in [0.1, 0.15) is 12.1 Å².